The Morgan fingerprint density at radius 3 is 3.12 bits per heavy atom. The minimum absolute atomic E-state index is 0.439. The molecular weight excluding hydrogens is 244 g/mol. The summed E-state index contributed by atoms with van der Waals surface area (Å²) in [6, 6.07) is 2.21. The topological polar surface area (TPSA) is 49.8 Å². The number of nitrogens with one attached hydrogen (secondary N) is 2. The number of halogens is 1. The molecule has 1 aromatic rings. The van der Waals surface area contributed by atoms with Crippen molar-refractivity contribution in [2.75, 3.05) is 24.7 Å². The zero-order chi connectivity index (χ0) is 11.4. The Labute approximate surface area is 105 Å². The van der Waals surface area contributed by atoms with Crippen LogP contribution < -0.4 is 10.6 Å². The van der Waals surface area contributed by atoms with E-state index >= 15 is 0 Å². The van der Waals surface area contributed by atoms with Gasteiger partial charge in [0, 0.05) is 18.7 Å². The molecule has 0 aliphatic carbocycles. The predicted octanol–water partition coefficient (Wildman–Crippen LogP) is 2.02. The fourth-order valence-corrected chi connectivity index (χ4v) is 2.36. The fourth-order valence-electron chi connectivity index (χ4n) is 1.75. The Hall–Kier alpha value is -0.520. The quantitative estimate of drug-likeness (QED) is 0.494. The van der Waals surface area contributed by atoms with Crippen LogP contribution in [0.1, 0.15) is 12.8 Å². The summed E-state index contributed by atoms with van der Waals surface area (Å²) < 4.78 is 0. The maximum atomic E-state index is 5.93. The highest BCUT2D eigenvalue weighted by atomic mass is 35.5. The lowest BCUT2D eigenvalue weighted by molar-refractivity contribution is 0.478. The largest absolute Gasteiger partial charge is 0.366 e. The lowest BCUT2D eigenvalue weighted by Crippen LogP contribution is -2.38. The molecule has 0 radical (unpaired) electrons. The Balaban J connectivity index is 2.04. The van der Waals surface area contributed by atoms with Gasteiger partial charge in [-0.15, -0.1) is 0 Å². The van der Waals surface area contributed by atoms with E-state index in [9.17, 15) is 0 Å². The summed E-state index contributed by atoms with van der Waals surface area (Å²) in [5.74, 6) is 0.818. The molecule has 0 aromatic carbocycles. The average molecular weight is 259 g/mol. The highest BCUT2D eigenvalue weighted by Gasteiger charge is 2.13. The molecular formula is C10H15ClN4S. The highest BCUT2D eigenvalue weighted by molar-refractivity contribution is 7.98. The third kappa shape index (κ3) is 3.23. The van der Waals surface area contributed by atoms with E-state index in [4.69, 9.17) is 11.6 Å². The van der Waals surface area contributed by atoms with Gasteiger partial charge < -0.3 is 10.6 Å². The first-order chi connectivity index (χ1) is 7.78. The summed E-state index contributed by atoms with van der Waals surface area (Å²) in [5, 5.41) is 7.94. The van der Waals surface area contributed by atoms with Gasteiger partial charge in [0.25, 0.3) is 0 Å². The fraction of sp³-hybridized carbons (Fsp3) is 0.600. The van der Waals surface area contributed by atoms with Crippen LogP contribution in [0.2, 0.25) is 5.15 Å². The Kier molecular flexibility index (Phi) is 4.26. The van der Waals surface area contributed by atoms with Gasteiger partial charge in [-0.3, -0.25) is 0 Å². The van der Waals surface area contributed by atoms with Crippen LogP contribution in [0.4, 0.5) is 5.82 Å². The van der Waals surface area contributed by atoms with Crippen LogP contribution in [0.25, 0.3) is 0 Å². The first-order valence-electron chi connectivity index (χ1n) is 5.34. The van der Waals surface area contributed by atoms with Gasteiger partial charge in [0.1, 0.15) is 11.0 Å². The van der Waals surface area contributed by atoms with E-state index in [0.717, 1.165) is 18.9 Å². The maximum absolute atomic E-state index is 5.93. The third-order valence-electron chi connectivity index (χ3n) is 2.51. The van der Waals surface area contributed by atoms with Crippen molar-refractivity contribution in [3.8, 4) is 0 Å². The number of hydrogen-bond acceptors (Lipinski definition) is 5. The number of aromatic nitrogens is 2. The lowest BCUT2D eigenvalue weighted by atomic mass is 10.1. The standard InChI is InChI=1S/C10H15ClN4S/c1-16-10-14-8(11)5-9(15-10)13-7-3-2-4-12-6-7/h5,7,12H,2-4,6H2,1H3,(H,13,14,15)/t7-/m1/s1. The monoisotopic (exact) mass is 258 g/mol. The molecule has 2 heterocycles. The molecule has 0 unspecified atom stereocenters. The number of rotatable bonds is 3. The van der Waals surface area contributed by atoms with Crippen molar-refractivity contribution in [2.45, 2.75) is 24.0 Å². The molecule has 1 aromatic heterocycles. The van der Waals surface area contributed by atoms with E-state index in [1.807, 2.05) is 6.26 Å². The minimum Gasteiger partial charge on any atom is -0.366 e. The van der Waals surface area contributed by atoms with Crippen LogP contribution in [0.15, 0.2) is 11.2 Å². The van der Waals surface area contributed by atoms with Gasteiger partial charge in [-0.2, -0.15) is 0 Å². The van der Waals surface area contributed by atoms with Crippen molar-refractivity contribution < 1.29 is 0 Å². The van der Waals surface area contributed by atoms with Crippen molar-refractivity contribution in [1.82, 2.24) is 15.3 Å². The van der Waals surface area contributed by atoms with E-state index in [0.29, 0.717) is 16.4 Å². The van der Waals surface area contributed by atoms with Crippen molar-refractivity contribution in [1.29, 1.82) is 0 Å². The third-order valence-corrected chi connectivity index (χ3v) is 3.25. The molecule has 2 rings (SSSR count). The molecule has 1 aliphatic heterocycles. The van der Waals surface area contributed by atoms with Gasteiger partial charge in [-0.05, 0) is 25.6 Å². The van der Waals surface area contributed by atoms with Crippen LogP contribution in [-0.4, -0.2) is 35.4 Å². The van der Waals surface area contributed by atoms with Crippen LogP contribution in [-0.2, 0) is 0 Å². The van der Waals surface area contributed by atoms with Crippen LogP contribution in [0.3, 0.4) is 0 Å². The molecule has 1 atom stereocenters. The molecule has 2 N–H and O–H groups in total. The maximum Gasteiger partial charge on any atom is 0.190 e. The van der Waals surface area contributed by atoms with Gasteiger partial charge in [-0.25, -0.2) is 9.97 Å². The molecule has 0 spiro atoms. The number of nitrogens with zero attached hydrogens (tertiary/aromatic N) is 2. The second-order valence-corrected chi connectivity index (χ2v) is 4.91. The summed E-state index contributed by atoms with van der Waals surface area (Å²) in [6.45, 7) is 2.09. The van der Waals surface area contributed by atoms with Gasteiger partial charge in [0.05, 0.1) is 0 Å². The van der Waals surface area contributed by atoms with Crippen molar-refractivity contribution in [3.05, 3.63) is 11.2 Å². The van der Waals surface area contributed by atoms with Crippen LogP contribution in [0.5, 0.6) is 0 Å². The minimum atomic E-state index is 0.439. The van der Waals surface area contributed by atoms with E-state index < -0.39 is 0 Å². The molecule has 88 valence electrons. The Morgan fingerprint density at radius 2 is 2.44 bits per heavy atom. The smallest absolute Gasteiger partial charge is 0.190 e. The Morgan fingerprint density at radius 1 is 1.56 bits per heavy atom. The highest BCUT2D eigenvalue weighted by Crippen LogP contribution is 2.18. The van der Waals surface area contributed by atoms with Gasteiger partial charge >= 0.3 is 0 Å². The van der Waals surface area contributed by atoms with E-state index in [2.05, 4.69) is 20.6 Å². The van der Waals surface area contributed by atoms with Crippen molar-refractivity contribution in [3.63, 3.8) is 0 Å². The second-order valence-electron chi connectivity index (χ2n) is 3.75. The number of piperidine rings is 1. The molecule has 16 heavy (non-hydrogen) atoms. The zero-order valence-corrected chi connectivity index (χ0v) is 10.7. The first kappa shape index (κ1) is 12.0. The summed E-state index contributed by atoms with van der Waals surface area (Å²) in [4.78, 5) is 8.48. The van der Waals surface area contributed by atoms with E-state index in [-0.39, 0.29) is 0 Å². The molecule has 6 heteroatoms. The normalized spacial score (nSPS) is 20.8. The number of hydrogen-bond donors (Lipinski definition) is 2. The van der Waals surface area contributed by atoms with Gasteiger partial charge in [0.2, 0.25) is 0 Å². The molecule has 1 saturated heterocycles. The summed E-state index contributed by atoms with van der Waals surface area (Å²) in [6.07, 6.45) is 4.31. The lowest BCUT2D eigenvalue weighted by Gasteiger charge is -2.24. The predicted molar refractivity (Wildman–Crippen MR) is 68.3 cm³/mol. The van der Waals surface area contributed by atoms with Crippen LogP contribution in [0, 0.1) is 0 Å². The van der Waals surface area contributed by atoms with E-state index in [1.165, 1.54) is 24.6 Å². The zero-order valence-electron chi connectivity index (χ0n) is 9.16. The summed E-state index contributed by atoms with van der Waals surface area (Å²) in [5.41, 5.74) is 0. The van der Waals surface area contributed by atoms with E-state index in [1.54, 1.807) is 6.07 Å². The molecule has 1 aliphatic rings. The van der Waals surface area contributed by atoms with Crippen molar-refractivity contribution >= 4 is 29.2 Å². The van der Waals surface area contributed by atoms with Crippen molar-refractivity contribution in [2.24, 2.45) is 0 Å². The van der Waals surface area contributed by atoms with Gasteiger partial charge in [0.15, 0.2) is 5.16 Å². The molecule has 0 bridgehead atoms. The number of anilines is 1. The van der Waals surface area contributed by atoms with Crippen LogP contribution >= 0.6 is 23.4 Å². The SMILES string of the molecule is CSc1nc(Cl)cc(N[C@@H]2CCCNC2)n1. The summed E-state index contributed by atoms with van der Waals surface area (Å²) in [7, 11) is 0. The Bertz CT molecular complexity index is 355. The average Bonchev–Trinajstić information content (AvgIpc) is 2.29. The molecule has 0 amide bonds. The first-order valence-corrected chi connectivity index (χ1v) is 6.94. The summed E-state index contributed by atoms with van der Waals surface area (Å²) >= 11 is 7.42. The molecule has 1 fully saturated rings. The second kappa shape index (κ2) is 5.70. The number of thioether (sulfide) groups is 1. The molecule has 4 nitrogen and oxygen atoms in total. The van der Waals surface area contributed by atoms with Gasteiger partial charge in [-0.1, -0.05) is 23.4 Å². The molecule has 0 saturated carbocycles.